The van der Waals surface area contributed by atoms with Gasteiger partial charge in [0.25, 0.3) is 0 Å². The summed E-state index contributed by atoms with van der Waals surface area (Å²) in [7, 11) is 6.18. The highest BCUT2D eigenvalue weighted by Gasteiger charge is 2.42. The number of fused-ring (bicyclic) bond motifs is 3. The van der Waals surface area contributed by atoms with Crippen LogP contribution in [0.4, 0.5) is 0 Å². The Balaban J connectivity index is 1.92. The lowest BCUT2D eigenvalue weighted by atomic mass is 9.69. The third-order valence-corrected chi connectivity index (χ3v) is 4.44. The Morgan fingerprint density at radius 2 is 2.20 bits per heavy atom. The molecule has 0 saturated heterocycles. The van der Waals surface area contributed by atoms with E-state index in [1.165, 1.54) is 5.56 Å². The molecule has 1 fully saturated rings. The lowest BCUT2D eigenvalue weighted by Gasteiger charge is -2.35. The molecule has 1 heterocycles. The fraction of sp³-hybridized carbons (Fsp3) is 0.500. The zero-order valence-electron chi connectivity index (χ0n) is 8.45. The SMILES string of the molecule is [B]C1(I)CCC2c3ccccc3OC2C1. The van der Waals surface area contributed by atoms with Gasteiger partial charge in [0.1, 0.15) is 11.9 Å². The van der Waals surface area contributed by atoms with E-state index >= 15 is 0 Å². The molecule has 0 bridgehead atoms. The van der Waals surface area contributed by atoms with Gasteiger partial charge in [0.05, 0.1) is 7.85 Å². The van der Waals surface area contributed by atoms with E-state index in [0.717, 1.165) is 25.0 Å². The number of alkyl halides is 1. The van der Waals surface area contributed by atoms with Crippen molar-refractivity contribution in [2.45, 2.75) is 34.6 Å². The predicted octanol–water partition coefficient (Wildman–Crippen LogP) is 3.01. The van der Waals surface area contributed by atoms with Crippen LogP contribution < -0.4 is 4.74 Å². The molecule has 1 aromatic carbocycles. The van der Waals surface area contributed by atoms with Gasteiger partial charge in [-0.2, -0.15) is 0 Å². The Kier molecular flexibility index (Phi) is 2.27. The second-order valence-corrected chi connectivity index (χ2v) is 6.73. The van der Waals surface area contributed by atoms with Gasteiger partial charge in [-0.25, -0.2) is 0 Å². The molecule has 1 nitrogen and oxygen atoms in total. The third-order valence-electron chi connectivity index (χ3n) is 3.46. The first kappa shape index (κ1) is 10.0. The summed E-state index contributed by atoms with van der Waals surface area (Å²) in [4.78, 5) is 0. The number of halogens is 1. The van der Waals surface area contributed by atoms with Gasteiger partial charge in [0.15, 0.2) is 0 Å². The Hall–Kier alpha value is -0.185. The van der Waals surface area contributed by atoms with Crippen LogP contribution in [0.2, 0.25) is 0 Å². The molecule has 1 aliphatic carbocycles. The molecule has 2 radical (unpaired) electrons. The zero-order chi connectivity index (χ0) is 10.5. The summed E-state index contributed by atoms with van der Waals surface area (Å²) in [5.41, 5.74) is 1.38. The van der Waals surface area contributed by atoms with Crippen molar-refractivity contribution in [1.82, 2.24) is 0 Å². The second-order valence-electron chi connectivity index (χ2n) is 4.58. The van der Waals surface area contributed by atoms with Crippen LogP contribution >= 0.6 is 22.6 Å². The van der Waals surface area contributed by atoms with E-state index in [-0.39, 0.29) is 3.32 Å². The molecule has 0 amide bonds. The lowest BCUT2D eigenvalue weighted by Crippen LogP contribution is -2.37. The molecule has 3 rings (SSSR count). The van der Waals surface area contributed by atoms with Crippen LogP contribution in [-0.4, -0.2) is 17.3 Å². The van der Waals surface area contributed by atoms with Gasteiger partial charge < -0.3 is 4.74 Å². The third kappa shape index (κ3) is 1.69. The van der Waals surface area contributed by atoms with Crippen LogP contribution in [0.25, 0.3) is 0 Å². The van der Waals surface area contributed by atoms with Gasteiger partial charge in [0.2, 0.25) is 0 Å². The van der Waals surface area contributed by atoms with Gasteiger partial charge in [0, 0.05) is 11.5 Å². The van der Waals surface area contributed by atoms with E-state index in [4.69, 9.17) is 12.6 Å². The van der Waals surface area contributed by atoms with Crippen LogP contribution in [-0.2, 0) is 0 Å². The average molecular weight is 310 g/mol. The van der Waals surface area contributed by atoms with Gasteiger partial charge in [-0.15, -0.1) is 0 Å². The van der Waals surface area contributed by atoms with Crippen molar-refractivity contribution in [3.8, 4) is 5.75 Å². The minimum absolute atomic E-state index is 0.0685. The molecule has 76 valence electrons. The van der Waals surface area contributed by atoms with Crippen molar-refractivity contribution >= 4 is 30.4 Å². The van der Waals surface area contributed by atoms with Crippen molar-refractivity contribution in [1.29, 1.82) is 0 Å². The van der Waals surface area contributed by atoms with Crippen molar-refractivity contribution < 1.29 is 4.74 Å². The summed E-state index contributed by atoms with van der Waals surface area (Å²) in [6.07, 6.45) is 3.51. The minimum atomic E-state index is -0.0685. The van der Waals surface area contributed by atoms with Gasteiger partial charge >= 0.3 is 0 Å². The molecule has 15 heavy (non-hydrogen) atoms. The van der Waals surface area contributed by atoms with Crippen LogP contribution in [0.5, 0.6) is 5.75 Å². The summed E-state index contributed by atoms with van der Waals surface area (Å²) >= 11 is 2.36. The number of para-hydroxylation sites is 1. The molecule has 3 unspecified atom stereocenters. The Bertz CT molecular complexity index is 391. The van der Waals surface area contributed by atoms with E-state index in [9.17, 15) is 0 Å². The Labute approximate surface area is 105 Å². The number of hydrogen-bond acceptors (Lipinski definition) is 1. The quantitative estimate of drug-likeness (QED) is 0.407. The fourth-order valence-corrected chi connectivity index (χ4v) is 3.44. The lowest BCUT2D eigenvalue weighted by molar-refractivity contribution is 0.163. The van der Waals surface area contributed by atoms with E-state index in [1.807, 2.05) is 6.07 Å². The molecule has 1 aliphatic heterocycles. The maximum Gasteiger partial charge on any atom is 0.123 e. The fourth-order valence-electron chi connectivity index (χ4n) is 2.70. The Morgan fingerprint density at radius 1 is 1.40 bits per heavy atom. The van der Waals surface area contributed by atoms with Gasteiger partial charge in [-0.3, -0.25) is 0 Å². The molecule has 1 aromatic rings. The zero-order valence-corrected chi connectivity index (χ0v) is 10.6. The van der Waals surface area contributed by atoms with Crippen LogP contribution in [0.3, 0.4) is 0 Å². The molecular weight excluding hydrogens is 298 g/mol. The first-order valence-electron chi connectivity index (χ1n) is 5.39. The van der Waals surface area contributed by atoms with Crippen molar-refractivity contribution in [3.63, 3.8) is 0 Å². The van der Waals surface area contributed by atoms with Crippen LogP contribution in [0.15, 0.2) is 24.3 Å². The van der Waals surface area contributed by atoms with Crippen LogP contribution in [0, 0.1) is 0 Å². The normalized spacial score (nSPS) is 37.9. The smallest absolute Gasteiger partial charge is 0.123 e. The molecule has 0 aromatic heterocycles. The van der Waals surface area contributed by atoms with Crippen molar-refractivity contribution in [3.05, 3.63) is 29.8 Å². The number of rotatable bonds is 0. The summed E-state index contributed by atoms with van der Waals surface area (Å²) in [5, 5.41) is 0. The van der Waals surface area contributed by atoms with E-state index < -0.39 is 0 Å². The van der Waals surface area contributed by atoms with E-state index in [0.29, 0.717) is 12.0 Å². The molecule has 3 atom stereocenters. The van der Waals surface area contributed by atoms with Gasteiger partial charge in [-0.05, 0) is 28.6 Å². The molecule has 2 aliphatic rings. The molecule has 1 saturated carbocycles. The standard InChI is InChI=1S/C12H12BIO/c13-12(14)6-5-9-8-3-1-2-4-10(8)15-11(9)7-12/h1-4,9,11H,5-7H2. The number of benzene rings is 1. The number of hydrogen-bond donors (Lipinski definition) is 0. The monoisotopic (exact) mass is 310 g/mol. The molecule has 0 spiro atoms. The molecular formula is C12H12BIO. The number of ether oxygens (including phenoxy) is 1. The first-order chi connectivity index (χ1) is 7.16. The summed E-state index contributed by atoms with van der Waals surface area (Å²) in [5.74, 6) is 1.65. The maximum atomic E-state index is 6.18. The highest BCUT2D eigenvalue weighted by molar-refractivity contribution is 14.1. The topological polar surface area (TPSA) is 9.23 Å². The summed E-state index contributed by atoms with van der Waals surface area (Å²) in [6.45, 7) is 0. The average Bonchev–Trinajstić information content (AvgIpc) is 2.52. The van der Waals surface area contributed by atoms with Crippen molar-refractivity contribution in [2.24, 2.45) is 0 Å². The predicted molar refractivity (Wildman–Crippen MR) is 70.0 cm³/mol. The molecule has 0 N–H and O–H groups in total. The summed E-state index contributed by atoms with van der Waals surface area (Å²) < 4.78 is 5.89. The highest BCUT2D eigenvalue weighted by atomic mass is 127. The minimum Gasteiger partial charge on any atom is -0.489 e. The van der Waals surface area contributed by atoms with Crippen molar-refractivity contribution in [2.75, 3.05) is 0 Å². The molecule has 3 heteroatoms. The Morgan fingerprint density at radius 3 is 3.07 bits per heavy atom. The van der Waals surface area contributed by atoms with E-state index in [1.54, 1.807) is 0 Å². The van der Waals surface area contributed by atoms with Crippen LogP contribution in [0.1, 0.15) is 30.7 Å². The highest BCUT2D eigenvalue weighted by Crippen LogP contribution is 2.49. The largest absolute Gasteiger partial charge is 0.489 e. The second kappa shape index (κ2) is 3.40. The van der Waals surface area contributed by atoms with Gasteiger partial charge in [-0.1, -0.05) is 40.8 Å². The maximum absolute atomic E-state index is 6.18. The van der Waals surface area contributed by atoms with E-state index in [2.05, 4.69) is 40.8 Å². The summed E-state index contributed by atoms with van der Waals surface area (Å²) in [6, 6.07) is 8.39. The first-order valence-corrected chi connectivity index (χ1v) is 6.47.